The molecule has 0 radical (unpaired) electrons. The van der Waals surface area contributed by atoms with Gasteiger partial charge in [-0.1, -0.05) is 25.4 Å². The second-order valence-electron chi connectivity index (χ2n) is 4.78. The zero-order valence-corrected chi connectivity index (χ0v) is 11.7. The van der Waals surface area contributed by atoms with Crippen molar-refractivity contribution in [1.82, 2.24) is 15.3 Å². The van der Waals surface area contributed by atoms with Crippen molar-refractivity contribution in [3.63, 3.8) is 0 Å². The molecule has 1 N–H and O–H groups in total. The maximum Gasteiger partial charge on any atom is 0.249 e. The number of nitrogens with one attached hydrogen (secondary N) is 1. The smallest absolute Gasteiger partial charge is 0.249 e. The number of piperazine rings is 1. The van der Waals surface area contributed by atoms with E-state index in [9.17, 15) is 9.59 Å². The number of amides is 2. The minimum absolute atomic E-state index is 0.0811. The summed E-state index contributed by atoms with van der Waals surface area (Å²) in [7, 11) is 0. The third kappa shape index (κ3) is 2.84. The van der Waals surface area contributed by atoms with Gasteiger partial charge in [0.1, 0.15) is 22.8 Å². The van der Waals surface area contributed by atoms with Gasteiger partial charge in [-0.25, -0.2) is 9.97 Å². The molecule has 2 amide bonds. The van der Waals surface area contributed by atoms with Gasteiger partial charge >= 0.3 is 0 Å². The fourth-order valence-corrected chi connectivity index (χ4v) is 2.01. The molecule has 2 rings (SSSR count). The lowest BCUT2D eigenvalue weighted by Gasteiger charge is -2.32. The molecule has 1 atom stereocenters. The largest absolute Gasteiger partial charge is 0.335 e. The molecule has 1 fully saturated rings. The summed E-state index contributed by atoms with van der Waals surface area (Å²) in [5.74, 6) is 0.524. The van der Waals surface area contributed by atoms with Crippen molar-refractivity contribution in [2.45, 2.75) is 32.7 Å². The molecule has 6 nitrogen and oxygen atoms in total. The average molecular weight is 283 g/mol. The Balaban J connectivity index is 2.39. The third-order valence-corrected chi connectivity index (χ3v) is 3.13. The van der Waals surface area contributed by atoms with E-state index in [2.05, 4.69) is 15.3 Å². The Morgan fingerprint density at radius 3 is 2.74 bits per heavy atom. The number of halogens is 1. The summed E-state index contributed by atoms with van der Waals surface area (Å²) in [6, 6.07) is 1.10. The number of hydrogen-bond acceptors (Lipinski definition) is 5. The molecule has 0 aromatic carbocycles. The van der Waals surface area contributed by atoms with Crippen LogP contribution in [0.1, 0.15) is 32.5 Å². The van der Waals surface area contributed by atoms with Gasteiger partial charge in [0, 0.05) is 12.0 Å². The topological polar surface area (TPSA) is 75.2 Å². The number of anilines is 1. The number of aromatic nitrogens is 2. The van der Waals surface area contributed by atoms with Crippen molar-refractivity contribution < 1.29 is 9.59 Å². The zero-order valence-electron chi connectivity index (χ0n) is 11.0. The van der Waals surface area contributed by atoms with Crippen LogP contribution in [0.3, 0.4) is 0 Å². The maximum atomic E-state index is 11.6. The Kier molecular flexibility index (Phi) is 3.71. The highest BCUT2D eigenvalue weighted by atomic mass is 35.5. The van der Waals surface area contributed by atoms with Gasteiger partial charge in [0.15, 0.2) is 0 Å². The van der Waals surface area contributed by atoms with E-state index in [-0.39, 0.29) is 24.3 Å². The van der Waals surface area contributed by atoms with Gasteiger partial charge in [-0.05, 0) is 6.92 Å². The summed E-state index contributed by atoms with van der Waals surface area (Å²) < 4.78 is 0. The summed E-state index contributed by atoms with van der Waals surface area (Å²) >= 11 is 5.97. The Labute approximate surface area is 116 Å². The summed E-state index contributed by atoms with van der Waals surface area (Å²) in [6.45, 7) is 5.70. The van der Waals surface area contributed by atoms with Crippen LogP contribution in [0, 0.1) is 0 Å². The number of rotatable bonds is 2. The first-order chi connectivity index (χ1) is 8.88. The normalized spacial score (nSPS) is 19.8. The van der Waals surface area contributed by atoms with E-state index in [0.29, 0.717) is 16.8 Å². The van der Waals surface area contributed by atoms with Crippen LogP contribution in [0.15, 0.2) is 6.07 Å². The lowest BCUT2D eigenvalue weighted by Crippen LogP contribution is -2.57. The van der Waals surface area contributed by atoms with Gasteiger partial charge < -0.3 is 4.90 Å². The zero-order chi connectivity index (χ0) is 14.2. The molecule has 0 spiro atoms. The molecule has 1 aliphatic rings. The predicted molar refractivity (Wildman–Crippen MR) is 71.1 cm³/mol. The standard InChI is InChI=1S/C12H15ClN4O2/c1-6(2)11-14-8(13)4-9(15-11)17-5-10(18)16-12(19)7(17)3/h4,6-7H,5H2,1-3H3,(H,16,18,19). The summed E-state index contributed by atoms with van der Waals surface area (Å²) in [6.07, 6.45) is 0. The lowest BCUT2D eigenvalue weighted by molar-refractivity contribution is -0.132. The van der Waals surface area contributed by atoms with Gasteiger partial charge in [-0.15, -0.1) is 0 Å². The van der Waals surface area contributed by atoms with E-state index in [1.165, 1.54) is 0 Å². The van der Waals surface area contributed by atoms with Gasteiger partial charge in [-0.2, -0.15) is 0 Å². The van der Waals surface area contributed by atoms with E-state index in [0.717, 1.165) is 0 Å². The molecule has 2 heterocycles. The van der Waals surface area contributed by atoms with Gasteiger partial charge in [0.2, 0.25) is 11.8 Å². The monoisotopic (exact) mass is 282 g/mol. The van der Waals surface area contributed by atoms with Crippen LogP contribution < -0.4 is 10.2 Å². The average Bonchev–Trinajstić information content (AvgIpc) is 2.32. The highest BCUT2D eigenvalue weighted by molar-refractivity contribution is 6.29. The van der Waals surface area contributed by atoms with Crippen molar-refractivity contribution in [3.05, 3.63) is 17.0 Å². The van der Waals surface area contributed by atoms with Crippen LogP contribution in [0.2, 0.25) is 5.15 Å². The van der Waals surface area contributed by atoms with E-state index >= 15 is 0 Å². The van der Waals surface area contributed by atoms with Crippen LogP contribution in [0.25, 0.3) is 0 Å². The summed E-state index contributed by atoms with van der Waals surface area (Å²) in [4.78, 5) is 33.2. The van der Waals surface area contributed by atoms with E-state index in [1.54, 1.807) is 17.9 Å². The number of carbonyl (C=O) groups excluding carboxylic acids is 2. The van der Waals surface area contributed by atoms with Gasteiger partial charge in [0.05, 0.1) is 6.54 Å². The van der Waals surface area contributed by atoms with E-state index in [1.807, 2.05) is 13.8 Å². The molecule has 1 aromatic rings. The Morgan fingerprint density at radius 2 is 2.11 bits per heavy atom. The van der Waals surface area contributed by atoms with Crippen molar-refractivity contribution in [2.24, 2.45) is 0 Å². The van der Waals surface area contributed by atoms with Gasteiger partial charge in [-0.3, -0.25) is 14.9 Å². The van der Waals surface area contributed by atoms with Crippen molar-refractivity contribution in [1.29, 1.82) is 0 Å². The third-order valence-electron chi connectivity index (χ3n) is 2.93. The first-order valence-electron chi connectivity index (χ1n) is 6.03. The molecule has 102 valence electrons. The van der Waals surface area contributed by atoms with Gasteiger partial charge in [0.25, 0.3) is 0 Å². The van der Waals surface area contributed by atoms with Crippen molar-refractivity contribution >= 4 is 29.2 Å². The minimum Gasteiger partial charge on any atom is -0.335 e. The van der Waals surface area contributed by atoms with Crippen LogP contribution in [-0.2, 0) is 9.59 Å². The van der Waals surface area contributed by atoms with Crippen LogP contribution in [0.5, 0.6) is 0 Å². The molecule has 0 aliphatic carbocycles. The fraction of sp³-hybridized carbons (Fsp3) is 0.500. The molecule has 1 unspecified atom stereocenters. The van der Waals surface area contributed by atoms with E-state index < -0.39 is 6.04 Å². The molecular weight excluding hydrogens is 268 g/mol. The molecular formula is C12H15ClN4O2. The van der Waals surface area contributed by atoms with Crippen LogP contribution in [0.4, 0.5) is 5.82 Å². The number of carbonyl (C=O) groups is 2. The number of hydrogen-bond donors (Lipinski definition) is 1. The van der Waals surface area contributed by atoms with E-state index in [4.69, 9.17) is 11.6 Å². The summed E-state index contributed by atoms with van der Waals surface area (Å²) in [5.41, 5.74) is 0. The molecule has 1 saturated heterocycles. The molecule has 7 heteroatoms. The Bertz CT molecular complexity index is 532. The first kappa shape index (κ1) is 13.7. The molecule has 1 aliphatic heterocycles. The molecule has 0 bridgehead atoms. The minimum atomic E-state index is -0.469. The number of nitrogens with zero attached hydrogens (tertiary/aromatic N) is 3. The number of imide groups is 1. The predicted octanol–water partition coefficient (Wildman–Crippen LogP) is 1.10. The summed E-state index contributed by atoms with van der Waals surface area (Å²) in [5, 5.41) is 2.59. The van der Waals surface area contributed by atoms with Crippen LogP contribution >= 0.6 is 11.6 Å². The second kappa shape index (κ2) is 5.13. The highest BCUT2D eigenvalue weighted by Gasteiger charge is 2.31. The molecule has 19 heavy (non-hydrogen) atoms. The quantitative estimate of drug-likeness (QED) is 0.649. The highest BCUT2D eigenvalue weighted by Crippen LogP contribution is 2.22. The molecule has 0 saturated carbocycles. The lowest BCUT2D eigenvalue weighted by atomic mass is 10.2. The molecule has 1 aromatic heterocycles. The Hall–Kier alpha value is -1.69. The Morgan fingerprint density at radius 1 is 1.42 bits per heavy atom. The SMILES string of the molecule is CC(C)c1nc(Cl)cc(N2CC(=O)NC(=O)C2C)n1. The maximum absolute atomic E-state index is 11.6. The first-order valence-corrected chi connectivity index (χ1v) is 6.41. The van der Waals surface area contributed by atoms with Crippen molar-refractivity contribution in [3.8, 4) is 0 Å². The van der Waals surface area contributed by atoms with Crippen molar-refractivity contribution in [2.75, 3.05) is 11.4 Å². The van der Waals surface area contributed by atoms with Crippen LogP contribution in [-0.4, -0.2) is 34.4 Å². The second-order valence-corrected chi connectivity index (χ2v) is 5.17. The fourth-order valence-electron chi connectivity index (χ4n) is 1.82.